The Bertz CT molecular complexity index is 376. The Labute approximate surface area is 109 Å². The summed E-state index contributed by atoms with van der Waals surface area (Å²) in [6.07, 6.45) is 0.697. The van der Waals surface area contributed by atoms with E-state index in [1.165, 1.54) is 0 Å². The van der Waals surface area contributed by atoms with Crippen molar-refractivity contribution >= 4 is 38.2 Å². The van der Waals surface area contributed by atoms with Crippen LogP contribution in [-0.4, -0.2) is 19.5 Å². The molecule has 3 nitrogen and oxygen atoms in total. The fourth-order valence-corrected chi connectivity index (χ4v) is 2.89. The molecule has 0 aromatic carbocycles. The lowest BCUT2D eigenvalue weighted by molar-refractivity contribution is -0.126. The Morgan fingerprint density at radius 3 is 2.69 bits per heavy atom. The zero-order chi connectivity index (χ0) is 12.3. The number of nitrogens with two attached hydrogens (primary N) is 1. The van der Waals surface area contributed by atoms with Crippen LogP contribution in [0.4, 0.5) is 5.00 Å². The Hall–Kier alpha value is -0.390. The van der Waals surface area contributed by atoms with E-state index in [4.69, 9.17) is 5.73 Å². The van der Waals surface area contributed by atoms with Crippen LogP contribution in [0.2, 0.25) is 0 Å². The lowest BCUT2D eigenvalue weighted by Crippen LogP contribution is -2.39. The molecule has 0 saturated carbocycles. The first-order valence-corrected chi connectivity index (χ1v) is 6.78. The molecule has 0 saturated heterocycles. The molecule has 0 radical (unpaired) electrons. The average Bonchev–Trinajstić information content (AvgIpc) is 2.62. The fraction of sp³-hybridized carbons (Fsp3) is 0.545. The monoisotopic (exact) mass is 304 g/mol. The van der Waals surface area contributed by atoms with Crippen molar-refractivity contribution in [1.29, 1.82) is 0 Å². The zero-order valence-corrected chi connectivity index (χ0v) is 12.2. The van der Waals surface area contributed by atoms with Gasteiger partial charge in [-0.3, -0.25) is 4.79 Å². The SMILES string of the molecule is CN(C(=O)C(C)(C)CCN)c1cc(Br)cs1. The van der Waals surface area contributed by atoms with Gasteiger partial charge in [-0.2, -0.15) is 0 Å². The zero-order valence-electron chi connectivity index (χ0n) is 9.79. The van der Waals surface area contributed by atoms with Crippen molar-refractivity contribution in [3.8, 4) is 0 Å². The minimum Gasteiger partial charge on any atom is -0.330 e. The number of carbonyl (C=O) groups excluding carboxylic acids is 1. The van der Waals surface area contributed by atoms with E-state index >= 15 is 0 Å². The molecular formula is C11H17BrN2OS. The van der Waals surface area contributed by atoms with Crippen molar-refractivity contribution in [2.45, 2.75) is 20.3 Å². The smallest absolute Gasteiger partial charge is 0.233 e. The molecule has 90 valence electrons. The minimum atomic E-state index is -0.403. The Balaban J connectivity index is 2.82. The molecule has 0 fully saturated rings. The molecule has 0 bridgehead atoms. The van der Waals surface area contributed by atoms with E-state index in [9.17, 15) is 4.79 Å². The van der Waals surface area contributed by atoms with Crippen molar-refractivity contribution in [2.75, 3.05) is 18.5 Å². The van der Waals surface area contributed by atoms with Gasteiger partial charge >= 0.3 is 0 Å². The molecule has 0 aliphatic carbocycles. The van der Waals surface area contributed by atoms with Crippen LogP contribution in [0.25, 0.3) is 0 Å². The Morgan fingerprint density at radius 2 is 2.25 bits per heavy atom. The average molecular weight is 305 g/mol. The Kier molecular flexibility index (Phi) is 4.52. The van der Waals surface area contributed by atoms with Crippen LogP contribution in [0, 0.1) is 5.41 Å². The minimum absolute atomic E-state index is 0.104. The first-order chi connectivity index (χ1) is 7.38. The van der Waals surface area contributed by atoms with Crippen LogP contribution in [-0.2, 0) is 4.79 Å². The quantitative estimate of drug-likeness (QED) is 0.930. The van der Waals surface area contributed by atoms with Gasteiger partial charge in [0.25, 0.3) is 0 Å². The van der Waals surface area contributed by atoms with Gasteiger partial charge in [0.05, 0.1) is 5.00 Å². The number of anilines is 1. The second-order valence-corrected chi connectivity index (χ2v) is 6.20. The molecule has 5 heteroatoms. The van der Waals surface area contributed by atoms with Gasteiger partial charge in [-0.15, -0.1) is 11.3 Å². The van der Waals surface area contributed by atoms with Crippen LogP contribution in [0.1, 0.15) is 20.3 Å². The van der Waals surface area contributed by atoms with Gasteiger partial charge in [0, 0.05) is 22.3 Å². The van der Waals surface area contributed by atoms with Crippen molar-refractivity contribution < 1.29 is 4.79 Å². The molecule has 0 spiro atoms. The molecule has 16 heavy (non-hydrogen) atoms. The summed E-state index contributed by atoms with van der Waals surface area (Å²) in [5.41, 5.74) is 5.12. The van der Waals surface area contributed by atoms with Gasteiger partial charge in [0.2, 0.25) is 5.91 Å². The summed E-state index contributed by atoms with van der Waals surface area (Å²) in [7, 11) is 1.80. The van der Waals surface area contributed by atoms with E-state index in [0.717, 1.165) is 9.47 Å². The summed E-state index contributed by atoms with van der Waals surface area (Å²) < 4.78 is 1.00. The van der Waals surface area contributed by atoms with Crippen molar-refractivity contribution in [2.24, 2.45) is 11.1 Å². The van der Waals surface area contributed by atoms with E-state index in [0.29, 0.717) is 13.0 Å². The maximum atomic E-state index is 12.2. The van der Waals surface area contributed by atoms with E-state index in [1.807, 2.05) is 25.3 Å². The number of carbonyl (C=O) groups is 1. The van der Waals surface area contributed by atoms with E-state index in [2.05, 4.69) is 15.9 Å². The van der Waals surface area contributed by atoms with Crippen molar-refractivity contribution in [3.05, 3.63) is 15.9 Å². The van der Waals surface area contributed by atoms with Gasteiger partial charge in [-0.25, -0.2) is 0 Å². The van der Waals surface area contributed by atoms with Crippen molar-refractivity contribution in [3.63, 3.8) is 0 Å². The molecular weight excluding hydrogens is 288 g/mol. The molecule has 2 N–H and O–H groups in total. The highest BCUT2D eigenvalue weighted by Crippen LogP contribution is 2.31. The number of hydrogen-bond acceptors (Lipinski definition) is 3. The predicted molar refractivity (Wildman–Crippen MR) is 72.9 cm³/mol. The third kappa shape index (κ3) is 3.06. The number of thiophene rings is 1. The summed E-state index contributed by atoms with van der Waals surface area (Å²) in [4.78, 5) is 13.9. The maximum Gasteiger partial charge on any atom is 0.233 e. The largest absolute Gasteiger partial charge is 0.330 e. The summed E-state index contributed by atoms with van der Waals surface area (Å²) in [6.45, 7) is 4.39. The first kappa shape index (κ1) is 13.7. The topological polar surface area (TPSA) is 46.3 Å². The van der Waals surface area contributed by atoms with Crippen LogP contribution < -0.4 is 10.6 Å². The number of hydrogen-bond donors (Lipinski definition) is 1. The molecule has 0 aliphatic heterocycles. The highest BCUT2D eigenvalue weighted by Gasteiger charge is 2.30. The number of rotatable bonds is 4. The summed E-state index contributed by atoms with van der Waals surface area (Å²) in [5, 5.41) is 2.91. The van der Waals surface area contributed by atoms with Crippen LogP contribution >= 0.6 is 27.3 Å². The lowest BCUT2D eigenvalue weighted by Gasteiger charge is -2.28. The van der Waals surface area contributed by atoms with Gasteiger partial charge in [-0.1, -0.05) is 13.8 Å². The van der Waals surface area contributed by atoms with E-state index in [1.54, 1.807) is 23.3 Å². The van der Waals surface area contributed by atoms with Gasteiger partial charge in [-0.05, 0) is 35.0 Å². The van der Waals surface area contributed by atoms with Crippen LogP contribution in [0.3, 0.4) is 0 Å². The number of halogens is 1. The van der Waals surface area contributed by atoms with E-state index < -0.39 is 5.41 Å². The standard InChI is InChI=1S/C11H17BrN2OS/c1-11(2,4-5-13)10(15)14(3)9-6-8(12)7-16-9/h6-7H,4-5,13H2,1-3H3. The third-order valence-corrected chi connectivity index (χ3v) is 4.30. The van der Waals surface area contributed by atoms with Gasteiger partial charge in [0.15, 0.2) is 0 Å². The van der Waals surface area contributed by atoms with Crippen LogP contribution in [0.5, 0.6) is 0 Å². The molecule has 0 atom stereocenters. The molecule has 1 aromatic heterocycles. The molecule has 1 amide bonds. The summed E-state index contributed by atoms with van der Waals surface area (Å²) in [6, 6.07) is 1.95. The van der Waals surface area contributed by atoms with Gasteiger partial charge < -0.3 is 10.6 Å². The molecule has 1 heterocycles. The lowest BCUT2D eigenvalue weighted by atomic mass is 9.88. The second kappa shape index (κ2) is 5.29. The van der Waals surface area contributed by atoms with Gasteiger partial charge in [0.1, 0.15) is 0 Å². The molecule has 1 aromatic rings. The van der Waals surface area contributed by atoms with Crippen molar-refractivity contribution in [1.82, 2.24) is 0 Å². The van der Waals surface area contributed by atoms with Crippen LogP contribution in [0.15, 0.2) is 15.9 Å². The highest BCUT2D eigenvalue weighted by molar-refractivity contribution is 9.10. The fourth-order valence-electron chi connectivity index (χ4n) is 1.50. The summed E-state index contributed by atoms with van der Waals surface area (Å²) >= 11 is 4.93. The third-order valence-electron chi connectivity index (χ3n) is 2.54. The molecule has 1 rings (SSSR count). The molecule has 0 aliphatic rings. The highest BCUT2D eigenvalue weighted by atomic mass is 79.9. The Morgan fingerprint density at radius 1 is 1.62 bits per heavy atom. The molecule has 0 unspecified atom stereocenters. The summed E-state index contributed by atoms with van der Waals surface area (Å²) in [5.74, 6) is 0.104. The predicted octanol–water partition coefficient (Wildman–Crippen LogP) is 2.85. The number of nitrogens with zero attached hydrogens (tertiary/aromatic N) is 1. The van der Waals surface area contributed by atoms with E-state index in [-0.39, 0.29) is 5.91 Å². The maximum absolute atomic E-state index is 12.2. The first-order valence-electron chi connectivity index (χ1n) is 5.11. The second-order valence-electron chi connectivity index (χ2n) is 4.39. The normalized spacial score (nSPS) is 11.6. The number of amides is 1.